The van der Waals surface area contributed by atoms with E-state index in [0.29, 0.717) is 38.1 Å². The Bertz CT molecular complexity index is 1030. The number of aliphatic hydroxyl groups excluding tert-OH is 2. The molecule has 3 N–H and O–H groups in total. The molecule has 8 atom stereocenters. The van der Waals surface area contributed by atoms with Crippen molar-refractivity contribution in [3.05, 3.63) is 36.0 Å². The first-order valence-electron chi connectivity index (χ1n) is 16.7. The average molecular weight is 602 g/mol. The van der Waals surface area contributed by atoms with Gasteiger partial charge in [-0.1, -0.05) is 51.2 Å². The smallest absolute Gasteiger partial charge is 0.329 e. The Balaban J connectivity index is 1.60. The van der Waals surface area contributed by atoms with Crippen LogP contribution < -0.4 is 0 Å². The van der Waals surface area contributed by atoms with Crippen LogP contribution in [0.25, 0.3) is 0 Å². The third-order valence-electron chi connectivity index (χ3n) is 10.4. The summed E-state index contributed by atoms with van der Waals surface area (Å²) in [6.07, 6.45) is 16.2. The van der Waals surface area contributed by atoms with Crippen molar-refractivity contribution in [3.63, 3.8) is 0 Å². The summed E-state index contributed by atoms with van der Waals surface area (Å²) in [5, 5.41) is 32.4. The molecule has 4 aliphatic rings. The van der Waals surface area contributed by atoms with Gasteiger partial charge in [-0.2, -0.15) is 0 Å². The zero-order chi connectivity index (χ0) is 31.1. The van der Waals surface area contributed by atoms with Crippen LogP contribution in [0.4, 0.5) is 0 Å². The van der Waals surface area contributed by atoms with Crippen molar-refractivity contribution in [3.8, 4) is 0 Å². The van der Waals surface area contributed by atoms with Crippen molar-refractivity contribution in [2.75, 3.05) is 6.54 Å². The maximum atomic E-state index is 13.8. The number of piperidine rings is 1. The van der Waals surface area contributed by atoms with Gasteiger partial charge < -0.3 is 29.7 Å². The monoisotopic (exact) mass is 601 g/mol. The van der Waals surface area contributed by atoms with Gasteiger partial charge in [-0.05, 0) is 88.5 Å². The normalized spacial score (nSPS) is 42.2. The molecule has 0 spiro atoms. The number of cyclic esters (lactones) is 1. The van der Waals surface area contributed by atoms with Crippen LogP contribution in [0.1, 0.15) is 105 Å². The Morgan fingerprint density at radius 2 is 1.74 bits per heavy atom. The average Bonchev–Trinajstić information content (AvgIpc) is 2.97. The summed E-state index contributed by atoms with van der Waals surface area (Å²) in [5.41, 5.74) is 0.798. The molecule has 3 aliphatic heterocycles. The fraction of sp³-hybridized carbons (Fsp3) is 0.771. The minimum absolute atomic E-state index is 0.0579. The van der Waals surface area contributed by atoms with E-state index in [2.05, 4.69) is 19.9 Å². The molecule has 0 radical (unpaired) electrons. The van der Waals surface area contributed by atoms with Gasteiger partial charge in [0, 0.05) is 24.8 Å². The number of hydrogen-bond acceptors (Lipinski definition) is 7. The Hall–Kier alpha value is -2.00. The Kier molecular flexibility index (Phi) is 12.1. The molecule has 43 heavy (non-hydrogen) atoms. The zero-order valence-electron chi connectivity index (χ0n) is 26.7. The molecule has 0 aromatic heterocycles. The fourth-order valence-corrected chi connectivity index (χ4v) is 7.46. The molecule has 4 rings (SSSR count). The van der Waals surface area contributed by atoms with Crippen LogP contribution in [-0.4, -0.2) is 74.9 Å². The molecule has 0 aromatic carbocycles. The van der Waals surface area contributed by atoms with Crippen molar-refractivity contribution < 1.29 is 34.4 Å². The lowest BCUT2D eigenvalue weighted by molar-refractivity contribution is -0.283. The Morgan fingerprint density at radius 3 is 2.49 bits per heavy atom. The van der Waals surface area contributed by atoms with Gasteiger partial charge in [-0.3, -0.25) is 4.79 Å². The largest absolute Gasteiger partial charge is 0.460 e. The highest BCUT2D eigenvalue weighted by molar-refractivity contribution is 5.85. The topological polar surface area (TPSA) is 117 Å². The van der Waals surface area contributed by atoms with E-state index in [1.165, 1.54) is 0 Å². The van der Waals surface area contributed by atoms with Gasteiger partial charge in [0.1, 0.15) is 12.1 Å². The van der Waals surface area contributed by atoms with Gasteiger partial charge in [-0.15, -0.1) is 0 Å². The fourth-order valence-electron chi connectivity index (χ4n) is 7.46. The second-order valence-electron chi connectivity index (χ2n) is 13.9. The molecule has 242 valence electrons. The molecule has 1 unspecified atom stereocenters. The first-order chi connectivity index (χ1) is 20.5. The number of fused-ring (bicyclic) bond motifs is 3. The number of rotatable bonds is 3. The molecule has 1 saturated carbocycles. The number of allylic oxidation sites excluding steroid dienone is 4. The highest BCUT2D eigenvalue weighted by atomic mass is 16.6. The highest BCUT2D eigenvalue weighted by Crippen LogP contribution is 2.38. The second-order valence-corrected chi connectivity index (χ2v) is 13.9. The summed E-state index contributed by atoms with van der Waals surface area (Å²) >= 11 is 0. The van der Waals surface area contributed by atoms with Gasteiger partial charge in [0.25, 0.3) is 0 Å². The van der Waals surface area contributed by atoms with Crippen molar-refractivity contribution in [1.82, 2.24) is 4.90 Å². The molecule has 8 nitrogen and oxygen atoms in total. The number of hydrogen-bond donors (Lipinski definition) is 3. The van der Waals surface area contributed by atoms with E-state index in [1.807, 2.05) is 38.2 Å². The molecule has 2 bridgehead atoms. The minimum atomic E-state index is -1.66. The first-order valence-corrected chi connectivity index (χ1v) is 16.7. The van der Waals surface area contributed by atoms with Gasteiger partial charge in [0.15, 0.2) is 5.79 Å². The van der Waals surface area contributed by atoms with E-state index in [-0.39, 0.29) is 54.4 Å². The lowest BCUT2D eigenvalue weighted by atomic mass is 9.79. The number of carbonyl (C=O) groups is 2. The molecule has 2 saturated heterocycles. The van der Waals surface area contributed by atoms with Crippen molar-refractivity contribution >= 4 is 11.9 Å². The van der Waals surface area contributed by atoms with Gasteiger partial charge >= 0.3 is 5.97 Å². The second kappa shape index (κ2) is 15.3. The SMILES string of the molecule is C\C1=C/C=C/C=C/[C@@H](C)C([C@H](C)CC2CCC(O)CC2)OC(=O)[C@@H]2CCCCN2C(=O)C[C@]2(O)O[C@@H](CC[C@H]2C)C[C@@H]1O. The number of carbonyl (C=O) groups excluding carboxylic acids is 2. The Morgan fingerprint density at radius 1 is 1.00 bits per heavy atom. The maximum absolute atomic E-state index is 13.8. The molecule has 8 heteroatoms. The predicted molar refractivity (Wildman–Crippen MR) is 166 cm³/mol. The first kappa shape index (κ1) is 33.9. The van der Waals surface area contributed by atoms with Crippen molar-refractivity contribution in [1.29, 1.82) is 0 Å². The predicted octanol–water partition coefficient (Wildman–Crippen LogP) is 5.21. The third-order valence-corrected chi connectivity index (χ3v) is 10.4. The summed E-state index contributed by atoms with van der Waals surface area (Å²) in [7, 11) is 0. The number of amides is 1. The van der Waals surface area contributed by atoms with Gasteiger partial charge in [0.2, 0.25) is 5.91 Å². The van der Waals surface area contributed by atoms with E-state index in [9.17, 15) is 24.9 Å². The summed E-state index contributed by atoms with van der Waals surface area (Å²) < 4.78 is 12.5. The van der Waals surface area contributed by atoms with Crippen LogP contribution in [0, 0.1) is 23.7 Å². The van der Waals surface area contributed by atoms with E-state index in [0.717, 1.165) is 50.5 Å². The van der Waals surface area contributed by atoms with E-state index >= 15 is 0 Å². The van der Waals surface area contributed by atoms with Crippen LogP contribution in [-0.2, 0) is 19.1 Å². The maximum Gasteiger partial charge on any atom is 0.329 e. The van der Waals surface area contributed by atoms with E-state index in [1.54, 1.807) is 4.90 Å². The zero-order valence-corrected chi connectivity index (χ0v) is 26.7. The van der Waals surface area contributed by atoms with Gasteiger partial charge in [0.05, 0.1) is 24.7 Å². The summed E-state index contributed by atoms with van der Waals surface area (Å²) in [6, 6.07) is -0.689. The molecule has 3 fully saturated rings. The summed E-state index contributed by atoms with van der Waals surface area (Å²) in [5.74, 6) is -2.06. The van der Waals surface area contributed by atoms with E-state index in [4.69, 9.17) is 9.47 Å². The quantitative estimate of drug-likeness (QED) is 0.380. The van der Waals surface area contributed by atoms with Crippen LogP contribution in [0.2, 0.25) is 0 Å². The number of esters is 1. The molecule has 0 aromatic rings. The lowest BCUT2D eigenvalue weighted by Gasteiger charge is -2.44. The molecule has 1 aliphatic carbocycles. The van der Waals surface area contributed by atoms with Crippen LogP contribution in [0.5, 0.6) is 0 Å². The minimum Gasteiger partial charge on any atom is -0.460 e. The standard InChI is InChI=1S/C35H55NO7/c1-23-10-6-5-7-11-24(2)33(25(3)20-27-14-16-28(37)17-15-27)42-34(40)30-12-8-9-19-36(30)32(39)22-35(41)26(4)13-18-29(43-35)21-31(23)38/h5-7,10-11,24-31,33,37-38,41H,8-9,12-22H2,1-4H3/b6-5+,11-7+,23-10+/t24-,25-,26-,27?,28?,29+,30+,31+,33?,35+/m1/s1. The third kappa shape index (κ3) is 9.03. The number of aliphatic hydroxyl groups is 3. The van der Waals surface area contributed by atoms with Crippen molar-refractivity contribution in [2.24, 2.45) is 23.7 Å². The van der Waals surface area contributed by atoms with Crippen LogP contribution >= 0.6 is 0 Å². The number of nitrogens with zero attached hydrogens (tertiary/aromatic N) is 1. The lowest BCUT2D eigenvalue weighted by Crippen LogP contribution is -2.55. The molecule has 1 amide bonds. The highest BCUT2D eigenvalue weighted by Gasteiger charge is 2.46. The van der Waals surface area contributed by atoms with E-state index < -0.39 is 17.9 Å². The van der Waals surface area contributed by atoms with Crippen molar-refractivity contribution in [2.45, 2.75) is 141 Å². The van der Waals surface area contributed by atoms with Crippen LogP contribution in [0.15, 0.2) is 36.0 Å². The number of ether oxygens (including phenoxy) is 2. The summed E-state index contributed by atoms with van der Waals surface area (Å²) in [6.45, 7) is 8.42. The summed E-state index contributed by atoms with van der Waals surface area (Å²) in [4.78, 5) is 29.2. The van der Waals surface area contributed by atoms with Gasteiger partial charge in [-0.25, -0.2) is 4.79 Å². The molecular formula is C35H55NO7. The molecular weight excluding hydrogens is 546 g/mol. The molecule has 3 heterocycles. The van der Waals surface area contributed by atoms with Crippen LogP contribution in [0.3, 0.4) is 0 Å². The Labute approximate surface area is 258 Å².